The van der Waals surface area contributed by atoms with E-state index in [1.165, 1.54) is 0 Å². The van der Waals surface area contributed by atoms with Crippen LogP contribution in [-0.4, -0.2) is 35.8 Å². The van der Waals surface area contributed by atoms with Crippen LogP contribution in [0.15, 0.2) is 84.9 Å². The number of nitrogens with zero attached hydrogens (tertiary/aromatic N) is 2. The number of carbonyl (C=O) groups excluding carboxylic acids is 2. The van der Waals surface area contributed by atoms with Crippen LogP contribution in [-0.2, 0) is 0 Å². The lowest BCUT2D eigenvalue weighted by Gasteiger charge is -2.08. The summed E-state index contributed by atoms with van der Waals surface area (Å²) in [5.74, 6) is 0.943. The zero-order chi connectivity index (χ0) is 23.7. The van der Waals surface area contributed by atoms with Crippen LogP contribution < -0.4 is 9.47 Å². The Bertz CT molecular complexity index is 1420. The third kappa shape index (κ3) is 3.86. The van der Waals surface area contributed by atoms with E-state index < -0.39 is 0 Å². The molecule has 166 valence electrons. The maximum absolute atomic E-state index is 13.1. The van der Waals surface area contributed by atoms with Crippen molar-refractivity contribution in [2.45, 2.75) is 0 Å². The number of hydrogen-bond acceptors (Lipinski definition) is 6. The summed E-state index contributed by atoms with van der Waals surface area (Å²) in [7, 11) is 3.15. The molecule has 0 fully saturated rings. The van der Waals surface area contributed by atoms with Crippen molar-refractivity contribution in [2.75, 3.05) is 14.2 Å². The Morgan fingerprint density at radius 2 is 0.882 bits per heavy atom. The fourth-order valence-electron chi connectivity index (χ4n) is 3.80. The van der Waals surface area contributed by atoms with E-state index in [0.29, 0.717) is 45.0 Å². The maximum Gasteiger partial charge on any atom is 0.211 e. The molecule has 0 bridgehead atoms. The molecule has 0 amide bonds. The number of rotatable bonds is 6. The molecule has 0 saturated heterocycles. The molecule has 0 atom stereocenters. The lowest BCUT2D eigenvalue weighted by molar-refractivity contribution is 0.102. The number of pyridine rings is 2. The van der Waals surface area contributed by atoms with Crippen molar-refractivity contribution in [3.63, 3.8) is 0 Å². The molecule has 0 aliphatic heterocycles. The van der Waals surface area contributed by atoms with Crippen LogP contribution in [0.2, 0.25) is 0 Å². The van der Waals surface area contributed by atoms with E-state index in [4.69, 9.17) is 9.47 Å². The van der Waals surface area contributed by atoms with Gasteiger partial charge in [0.15, 0.2) is 0 Å². The van der Waals surface area contributed by atoms with Gasteiger partial charge in [-0.3, -0.25) is 9.59 Å². The molecule has 0 N–H and O–H groups in total. The summed E-state index contributed by atoms with van der Waals surface area (Å²) in [5.41, 5.74) is 2.77. The number of aromatic nitrogens is 2. The zero-order valence-electron chi connectivity index (χ0n) is 18.6. The first kappa shape index (κ1) is 21.3. The lowest BCUT2D eigenvalue weighted by atomic mass is 10.0. The van der Waals surface area contributed by atoms with Crippen LogP contribution >= 0.6 is 0 Å². The second kappa shape index (κ2) is 8.75. The average Bonchev–Trinajstić information content (AvgIpc) is 2.91. The topological polar surface area (TPSA) is 78.4 Å². The summed E-state index contributed by atoms with van der Waals surface area (Å²) in [6.07, 6.45) is 0. The highest BCUT2D eigenvalue weighted by Crippen LogP contribution is 2.25. The molecule has 5 aromatic rings. The fraction of sp³-hybridized carbons (Fsp3) is 0.0714. The molecule has 6 nitrogen and oxygen atoms in total. The van der Waals surface area contributed by atoms with E-state index >= 15 is 0 Å². The molecule has 2 aromatic heterocycles. The normalized spacial score (nSPS) is 10.9. The minimum atomic E-state index is -0.202. The van der Waals surface area contributed by atoms with Crippen molar-refractivity contribution >= 4 is 33.4 Å². The Morgan fingerprint density at radius 3 is 1.24 bits per heavy atom. The second-order valence-electron chi connectivity index (χ2n) is 7.72. The zero-order valence-corrected chi connectivity index (χ0v) is 18.6. The standard InChI is InChI=1S/C28H20N2O4/c1-33-21-11-5-19(6-12-21)27(31)23-15-9-17-3-4-18-10-16-24(30-26(18)25(17)29-23)28(32)20-7-13-22(34-2)14-8-20/h3-16H,1-2H3. The van der Waals surface area contributed by atoms with Crippen LogP contribution in [0.4, 0.5) is 0 Å². The van der Waals surface area contributed by atoms with E-state index in [1.807, 2.05) is 24.3 Å². The van der Waals surface area contributed by atoms with Crippen LogP contribution in [0.1, 0.15) is 32.1 Å². The Hall–Kier alpha value is -4.58. The molecular formula is C28H20N2O4. The highest BCUT2D eigenvalue weighted by molar-refractivity contribution is 6.12. The van der Waals surface area contributed by atoms with Gasteiger partial charge in [-0.1, -0.05) is 24.3 Å². The summed E-state index contributed by atoms with van der Waals surface area (Å²) in [6, 6.07) is 24.7. The molecule has 0 unspecified atom stereocenters. The van der Waals surface area contributed by atoms with Crippen LogP contribution in [0, 0.1) is 0 Å². The fourth-order valence-corrected chi connectivity index (χ4v) is 3.80. The SMILES string of the molecule is COc1ccc(C(=O)c2ccc3ccc4ccc(C(=O)c5ccc(OC)cc5)nc4c3n2)cc1. The third-order valence-corrected chi connectivity index (χ3v) is 5.69. The van der Waals surface area contributed by atoms with Crippen LogP contribution in [0.3, 0.4) is 0 Å². The smallest absolute Gasteiger partial charge is 0.211 e. The van der Waals surface area contributed by atoms with Crippen molar-refractivity contribution in [1.29, 1.82) is 0 Å². The summed E-state index contributed by atoms with van der Waals surface area (Å²) < 4.78 is 10.3. The van der Waals surface area contributed by atoms with Crippen molar-refractivity contribution in [1.82, 2.24) is 9.97 Å². The van der Waals surface area contributed by atoms with Gasteiger partial charge in [0.25, 0.3) is 0 Å². The minimum Gasteiger partial charge on any atom is -0.497 e. The van der Waals surface area contributed by atoms with Gasteiger partial charge in [0.2, 0.25) is 11.6 Å². The van der Waals surface area contributed by atoms with Crippen molar-refractivity contribution in [3.05, 3.63) is 107 Å². The number of hydrogen-bond donors (Lipinski definition) is 0. The summed E-state index contributed by atoms with van der Waals surface area (Å²) >= 11 is 0. The lowest BCUT2D eigenvalue weighted by Crippen LogP contribution is -2.06. The summed E-state index contributed by atoms with van der Waals surface area (Å²) in [4.78, 5) is 35.4. The van der Waals surface area contributed by atoms with Crippen LogP contribution in [0.25, 0.3) is 21.8 Å². The van der Waals surface area contributed by atoms with Crippen LogP contribution in [0.5, 0.6) is 11.5 Å². The molecule has 5 rings (SSSR count). The third-order valence-electron chi connectivity index (χ3n) is 5.69. The number of benzene rings is 3. The van der Waals surface area contributed by atoms with Crippen molar-refractivity contribution in [2.24, 2.45) is 0 Å². The van der Waals surface area contributed by atoms with Gasteiger partial charge in [-0.2, -0.15) is 0 Å². The largest absolute Gasteiger partial charge is 0.497 e. The first-order valence-electron chi connectivity index (χ1n) is 10.7. The monoisotopic (exact) mass is 448 g/mol. The van der Waals surface area contributed by atoms with Crippen molar-refractivity contribution < 1.29 is 19.1 Å². The first-order valence-corrected chi connectivity index (χ1v) is 10.7. The molecular weight excluding hydrogens is 428 g/mol. The van der Waals surface area contributed by atoms with Crippen molar-refractivity contribution in [3.8, 4) is 11.5 Å². The predicted octanol–water partition coefficient (Wildman–Crippen LogP) is 5.26. The molecule has 0 spiro atoms. The predicted molar refractivity (Wildman–Crippen MR) is 130 cm³/mol. The number of methoxy groups -OCH3 is 2. The second-order valence-corrected chi connectivity index (χ2v) is 7.72. The average molecular weight is 448 g/mol. The van der Waals surface area contributed by atoms with E-state index in [-0.39, 0.29) is 11.6 Å². The molecule has 34 heavy (non-hydrogen) atoms. The molecule has 6 heteroatoms. The molecule has 3 aromatic carbocycles. The van der Waals surface area contributed by atoms with Gasteiger partial charge < -0.3 is 9.47 Å². The van der Waals surface area contributed by atoms with Gasteiger partial charge in [-0.05, 0) is 60.7 Å². The quantitative estimate of drug-likeness (QED) is 0.260. The summed E-state index contributed by atoms with van der Waals surface area (Å²) in [6.45, 7) is 0. The highest BCUT2D eigenvalue weighted by Gasteiger charge is 2.16. The number of carbonyl (C=O) groups is 2. The number of ether oxygens (including phenoxy) is 2. The first-order chi connectivity index (χ1) is 16.6. The van der Waals surface area contributed by atoms with Gasteiger partial charge in [0, 0.05) is 21.9 Å². The van der Waals surface area contributed by atoms with E-state index in [2.05, 4.69) is 9.97 Å². The molecule has 0 aliphatic carbocycles. The Balaban J connectivity index is 1.57. The highest BCUT2D eigenvalue weighted by atomic mass is 16.5. The van der Waals surface area contributed by atoms with E-state index in [0.717, 1.165) is 10.8 Å². The Labute approximate surface area is 195 Å². The molecule has 0 aliphatic rings. The van der Waals surface area contributed by atoms with Gasteiger partial charge >= 0.3 is 0 Å². The van der Waals surface area contributed by atoms with Gasteiger partial charge in [0.1, 0.15) is 22.9 Å². The molecule has 0 radical (unpaired) electrons. The number of fused-ring (bicyclic) bond motifs is 3. The van der Waals surface area contributed by atoms with Gasteiger partial charge in [-0.15, -0.1) is 0 Å². The number of ketones is 2. The minimum absolute atomic E-state index is 0.202. The van der Waals surface area contributed by atoms with Gasteiger partial charge in [0.05, 0.1) is 25.3 Å². The van der Waals surface area contributed by atoms with Gasteiger partial charge in [-0.25, -0.2) is 9.97 Å². The Morgan fingerprint density at radius 1 is 0.529 bits per heavy atom. The van der Waals surface area contributed by atoms with E-state index in [9.17, 15) is 9.59 Å². The molecule has 0 saturated carbocycles. The maximum atomic E-state index is 13.1. The summed E-state index contributed by atoms with van der Waals surface area (Å²) in [5, 5.41) is 1.67. The van der Waals surface area contributed by atoms with E-state index in [1.54, 1.807) is 74.9 Å². The molecule has 2 heterocycles. The Kier molecular flexibility index (Phi) is 5.47.